The van der Waals surface area contributed by atoms with E-state index in [-0.39, 0.29) is 0 Å². The number of aryl methyl sites for hydroxylation is 1. The molecule has 0 N–H and O–H groups in total. The molecular formula is C10H11N3. The number of hydrogen-bond donors (Lipinski definition) is 0. The molecule has 1 heterocycles. The number of benzene rings is 1. The van der Waals surface area contributed by atoms with Crippen molar-refractivity contribution in [3.8, 4) is 0 Å². The van der Waals surface area contributed by atoms with Crippen LogP contribution in [0.4, 0.5) is 5.69 Å². The first-order valence-electron chi connectivity index (χ1n) is 4.21. The molecule has 0 aliphatic carbocycles. The van der Waals surface area contributed by atoms with E-state index in [0.29, 0.717) is 0 Å². The number of para-hydroxylation sites is 1. The van der Waals surface area contributed by atoms with E-state index in [9.17, 15) is 0 Å². The zero-order valence-corrected chi connectivity index (χ0v) is 7.73. The number of aliphatic imine (C=N–C) groups is 1. The van der Waals surface area contributed by atoms with Crippen molar-refractivity contribution in [1.29, 1.82) is 0 Å². The minimum Gasteiger partial charge on any atom is -0.332 e. The summed E-state index contributed by atoms with van der Waals surface area (Å²) in [6.45, 7) is 1.91. The number of imidazole rings is 1. The van der Waals surface area contributed by atoms with Crippen LogP contribution in [0.2, 0.25) is 0 Å². The highest BCUT2D eigenvalue weighted by Crippen LogP contribution is 2.23. The molecule has 0 saturated carbocycles. The standard InChI is InChI=1S/C10H11N3/c1-3-11-8-5-4-6-9-10(8)13(2)7-12-9/h3-7H,1-2H3. The van der Waals surface area contributed by atoms with Crippen LogP contribution >= 0.6 is 0 Å². The van der Waals surface area contributed by atoms with E-state index in [4.69, 9.17) is 0 Å². The average Bonchev–Trinajstić information content (AvgIpc) is 2.50. The lowest BCUT2D eigenvalue weighted by Crippen LogP contribution is -1.83. The normalized spacial score (nSPS) is 11.5. The third-order valence-electron chi connectivity index (χ3n) is 1.98. The van der Waals surface area contributed by atoms with Crippen LogP contribution < -0.4 is 0 Å². The maximum absolute atomic E-state index is 4.28. The van der Waals surface area contributed by atoms with E-state index in [2.05, 4.69) is 9.98 Å². The van der Waals surface area contributed by atoms with E-state index < -0.39 is 0 Å². The largest absolute Gasteiger partial charge is 0.332 e. The molecule has 0 aliphatic heterocycles. The Labute approximate surface area is 76.7 Å². The minimum absolute atomic E-state index is 0.972. The second-order valence-electron chi connectivity index (χ2n) is 2.89. The van der Waals surface area contributed by atoms with E-state index in [0.717, 1.165) is 16.7 Å². The molecule has 13 heavy (non-hydrogen) atoms. The fourth-order valence-electron chi connectivity index (χ4n) is 1.43. The van der Waals surface area contributed by atoms with E-state index >= 15 is 0 Å². The Morgan fingerprint density at radius 3 is 3.08 bits per heavy atom. The highest BCUT2D eigenvalue weighted by molar-refractivity contribution is 5.88. The molecule has 0 radical (unpaired) electrons. The second-order valence-corrected chi connectivity index (χ2v) is 2.89. The van der Waals surface area contributed by atoms with Crippen molar-refractivity contribution < 1.29 is 0 Å². The van der Waals surface area contributed by atoms with Gasteiger partial charge in [-0.2, -0.15) is 0 Å². The Bertz CT molecular complexity index is 454. The molecule has 0 fully saturated rings. The summed E-state index contributed by atoms with van der Waals surface area (Å²) in [7, 11) is 1.98. The summed E-state index contributed by atoms with van der Waals surface area (Å²) >= 11 is 0. The summed E-state index contributed by atoms with van der Waals surface area (Å²) < 4.78 is 1.98. The Morgan fingerprint density at radius 2 is 2.31 bits per heavy atom. The molecule has 3 nitrogen and oxygen atoms in total. The maximum atomic E-state index is 4.28. The first-order valence-corrected chi connectivity index (χ1v) is 4.21. The topological polar surface area (TPSA) is 30.2 Å². The fourth-order valence-corrected chi connectivity index (χ4v) is 1.43. The van der Waals surface area contributed by atoms with E-state index in [1.54, 1.807) is 12.5 Å². The molecule has 1 aromatic heterocycles. The van der Waals surface area contributed by atoms with Crippen LogP contribution in [0.5, 0.6) is 0 Å². The summed E-state index contributed by atoms with van der Waals surface area (Å²) in [5.74, 6) is 0. The van der Waals surface area contributed by atoms with Crippen LogP contribution in [-0.2, 0) is 7.05 Å². The zero-order valence-electron chi connectivity index (χ0n) is 7.73. The van der Waals surface area contributed by atoms with Crippen LogP contribution in [0.3, 0.4) is 0 Å². The van der Waals surface area contributed by atoms with Crippen LogP contribution in [0.1, 0.15) is 6.92 Å². The fraction of sp³-hybridized carbons (Fsp3) is 0.200. The molecule has 1 aromatic carbocycles. The van der Waals surface area contributed by atoms with Gasteiger partial charge in [-0.05, 0) is 19.1 Å². The van der Waals surface area contributed by atoms with Gasteiger partial charge >= 0.3 is 0 Å². The molecule has 0 unspecified atom stereocenters. The molecule has 0 atom stereocenters. The molecule has 66 valence electrons. The molecule has 0 saturated heterocycles. The number of aromatic nitrogens is 2. The Morgan fingerprint density at radius 1 is 1.46 bits per heavy atom. The van der Waals surface area contributed by atoms with Gasteiger partial charge < -0.3 is 4.57 Å². The van der Waals surface area contributed by atoms with Crippen LogP contribution in [0.25, 0.3) is 11.0 Å². The van der Waals surface area contributed by atoms with Crippen LogP contribution in [0.15, 0.2) is 29.5 Å². The first-order chi connectivity index (χ1) is 6.33. The SMILES string of the molecule is CC=Nc1cccc2ncn(C)c12. The van der Waals surface area contributed by atoms with Crippen molar-refractivity contribution in [2.75, 3.05) is 0 Å². The van der Waals surface area contributed by atoms with Crippen molar-refractivity contribution in [2.45, 2.75) is 6.92 Å². The molecular weight excluding hydrogens is 162 g/mol. The van der Waals surface area contributed by atoms with E-state index in [1.165, 1.54) is 0 Å². The molecule has 0 spiro atoms. The number of fused-ring (bicyclic) bond motifs is 1. The van der Waals surface area contributed by atoms with Gasteiger partial charge in [0.1, 0.15) is 0 Å². The molecule has 2 rings (SSSR count). The molecule has 3 heteroatoms. The molecule has 0 bridgehead atoms. The maximum Gasteiger partial charge on any atom is 0.0956 e. The van der Waals surface area contributed by atoms with Gasteiger partial charge in [0.05, 0.1) is 23.0 Å². The number of nitrogens with zero attached hydrogens (tertiary/aromatic N) is 3. The monoisotopic (exact) mass is 173 g/mol. The smallest absolute Gasteiger partial charge is 0.0956 e. The summed E-state index contributed by atoms with van der Waals surface area (Å²) in [6, 6.07) is 5.95. The third-order valence-corrected chi connectivity index (χ3v) is 1.98. The first kappa shape index (κ1) is 7.98. The Kier molecular flexibility index (Phi) is 1.85. The highest BCUT2D eigenvalue weighted by Gasteiger charge is 2.02. The predicted molar refractivity (Wildman–Crippen MR) is 54.5 cm³/mol. The highest BCUT2D eigenvalue weighted by atomic mass is 15.0. The molecule has 2 aromatic rings. The second kappa shape index (κ2) is 3.01. The quantitative estimate of drug-likeness (QED) is 0.608. The summed E-state index contributed by atoms with van der Waals surface area (Å²) in [6.07, 6.45) is 3.60. The van der Waals surface area contributed by atoms with Crippen LogP contribution in [0, 0.1) is 0 Å². The molecule has 0 aliphatic rings. The lowest BCUT2D eigenvalue weighted by molar-refractivity contribution is 0.947. The third kappa shape index (κ3) is 1.22. The van der Waals surface area contributed by atoms with Crippen LogP contribution in [-0.4, -0.2) is 15.8 Å². The van der Waals surface area contributed by atoms with Crippen molar-refractivity contribution in [3.63, 3.8) is 0 Å². The Balaban J connectivity index is 2.80. The number of hydrogen-bond acceptors (Lipinski definition) is 2. The Hall–Kier alpha value is -1.64. The van der Waals surface area contributed by atoms with Gasteiger partial charge in [0.15, 0.2) is 0 Å². The van der Waals surface area contributed by atoms with Crippen molar-refractivity contribution in [1.82, 2.24) is 9.55 Å². The van der Waals surface area contributed by atoms with Gasteiger partial charge in [0, 0.05) is 13.3 Å². The zero-order chi connectivity index (χ0) is 9.26. The van der Waals surface area contributed by atoms with Gasteiger partial charge in [0.25, 0.3) is 0 Å². The van der Waals surface area contributed by atoms with Gasteiger partial charge in [-0.15, -0.1) is 0 Å². The van der Waals surface area contributed by atoms with Crippen molar-refractivity contribution >= 4 is 22.9 Å². The summed E-state index contributed by atoms with van der Waals surface area (Å²) in [4.78, 5) is 8.53. The van der Waals surface area contributed by atoms with E-state index in [1.807, 2.05) is 36.7 Å². The van der Waals surface area contributed by atoms with Gasteiger partial charge in [-0.1, -0.05) is 6.07 Å². The predicted octanol–water partition coefficient (Wildman–Crippen LogP) is 2.30. The lowest BCUT2D eigenvalue weighted by atomic mass is 10.2. The van der Waals surface area contributed by atoms with Gasteiger partial charge in [-0.3, -0.25) is 4.99 Å². The lowest BCUT2D eigenvalue weighted by Gasteiger charge is -1.98. The number of rotatable bonds is 1. The van der Waals surface area contributed by atoms with Gasteiger partial charge in [0.2, 0.25) is 0 Å². The summed E-state index contributed by atoms with van der Waals surface area (Å²) in [5.41, 5.74) is 3.05. The van der Waals surface area contributed by atoms with Crippen molar-refractivity contribution in [3.05, 3.63) is 24.5 Å². The van der Waals surface area contributed by atoms with Crippen molar-refractivity contribution in [2.24, 2.45) is 12.0 Å². The minimum atomic E-state index is 0.972. The summed E-state index contributed by atoms with van der Waals surface area (Å²) in [5, 5.41) is 0. The van der Waals surface area contributed by atoms with Gasteiger partial charge in [-0.25, -0.2) is 4.98 Å². The molecule has 0 amide bonds. The average molecular weight is 173 g/mol.